The first kappa shape index (κ1) is 21.2. The molecule has 4 rings (SSSR count). The molecule has 7 nitrogen and oxygen atoms in total. The zero-order chi connectivity index (χ0) is 22.0. The number of likely N-dealkylation sites (N-methyl/N-ethyl adjacent to an activating group) is 1. The Morgan fingerprint density at radius 1 is 1.16 bits per heavy atom. The lowest BCUT2D eigenvalue weighted by Gasteiger charge is -2.47. The van der Waals surface area contributed by atoms with E-state index < -0.39 is 5.60 Å². The van der Waals surface area contributed by atoms with Crippen molar-refractivity contribution in [3.8, 4) is 0 Å². The van der Waals surface area contributed by atoms with Gasteiger partial charge in [-0.1, -0.05) is 42.5 Å². The van der Waals surface area contributed by atoms with E-state index in [2.05, 4.69) is 4.98 Å². The molecule has 0 spiro atoms. The van der Waals surface area contributed by atoms with Crippen LogP contribution < -0.4 is 5.56 Å². The second kappa shape index (κ2) is 8.61. The molecule has 0 saturated carbocycles. The molecule has 0 unspecified atom stereocenters. The van der Waals surface area contributed by atoms with E-state index in [1.807, 2.05) is 61.5 Å². The Labute approximate surface area is 181 Å². The Morgan fingerprint density at radius 2 is 1.87 bits per heavy atom. The number of carbonyl (C=O) groups is 1. The molecule has 31 heavy (non-hydrogen) atoms. The Bertz CT molecular complexity index is 1130. The summed E-state index contributed by atoms with van der Waals surface area (Å²) in [4.78, 5) is 33.7. The summed E-state index contributed by atoms with van der Waals surface area (Å²) in [6.07, 6.45) is 2.18. The number of aromatic nitrogens is 2. The van der Waals surface area contributed by atoms with Crippen LogP contribution in [0.15, 0.2) is 65.7 Å². The topological polar surface area (TPSA) is 78.7 Å². The van der Waals surface area contributed by atoms with Crippen LogP contribution in [0, 0.1) is 0 Å². The van der Waals surface area contributed by atoms with Crippen molar-refractivity contribution in [2.24, 2.45) is 0 Å². The zero-order valence-corrected chi connectivity index (χ0v) is 17.9. The molecule has 1 fully saturated rings. The van der Waals surface area contributed by atoms with Crippen LogP contribution >= 0.6 is 0 Å². The Morgan fingerprint density at radius 3 is 2.61 bits per heavy atom. The maximum absolute atomic E-state index is 13.0. The number of para-hydroxylation sites is 1. The summed E-state index contributed by atoms with van der Waals surface area (Å²) in [5.41, 5.74) is 0.372. The molecular weight excluding hydrogens is 392 g/mol. The highest BCUT2D eigenvalue weighted by Crippen LogP contribution is 2.35. The molecule has 2 heterocycles. The van der Waals surface area contributed by atoms with Crippen molar-refractivity contribution in [2.75, 3.05) is 27.2 Å². The number of piperidine rings is 1. The van der Waals surface area contributed by atoms with E-state index in [0.29, 0.717) is 30.4 Å². The van der Waals surface area contributed by atoms with E-state index in [-0.39, 0.29) is 30.5 Å². The van der Waals surface area contributed by atoms with Crippen LogP contribution in [0.2, 0.25) is 0 Å². The second-order valence-electron chi connectivity index (χ2n) is 8.37. The summed E-state index contributed by atoms with van der Waals surface area (Å²) in [7, 11) is 3.85. The number of aliphatic hydroxyl groups is 1. The van der Waals surface area contributed by atoms with E-state index in [0.717, 1.165) is 5.56 Å². The number of fused-ring (bicyclic) bond motifs is 1. The number of nitrogens with zero attached hydrogens (tertiary/aromatic N) is 4. The van der Waals surface area contributed by atoms with Crippen LogP contribution in [-0.4, -0.2) is 63.6 Å². The normalized spacial score (nSPS) is 21.5. The molecule has 0 radical (unpaired) electrons. The van der Waals surface area contributed by atoms with Gasteiger partial charge in [-0.15, -0.1) is 0 Å². The summed E-state index contributed by atoms with van der Waals surface area (Å²) in [5.74, 6) is -0.0259. The predicted molar refractivity (Wildman–Crippen MR) is 120 cm³/mol. The van der Waals surface area contributed by atoms with Crippen LogP contribution in [0.4, 0.5) is 0 Å². The molecule has 1 N–H and O–H groups in total. The largest absolute Gasteiger partial charge is 0.383 e. The fraction of sp³-hybridized carbons (Fsp3) is 0.375. The molecular formula is C24H28N4O3. The molecule has 2 aromatic carbocycles. The molecule has 1 aliphatic heterocycles. The van der Waals surface area contributed by atoms with Crippen molar-refractivity contribution in [1.29, 1.82) is 0 Å². The molecule has 0 bridgehead atoms. The van der Waals surface area contributed by atoms with Crippen LogP contribution in [0.5, 0.6) is 0 Å². The van der Waals surface area contributed by atoms with Crippen LogP contribution in [0.1, 0.15) is 18.4 Å². The molecule has 1 aromatic heterocycles. The third-order valence-electron chi connectivity index (χ3n) is 6.26. The van der Waals surface area contributed by atoms with Gasteiger partial charge < -0.3 is 14.9 Å². The van der Waals surface area contributed by atoms with Gasteiger partial charge >= 0.3 is 0 Å². The van der Waals surface area contributed by atoms with Gasteiger partial charge in [0.25, 0.3) is 5.56 Å². The average molecular weight is 421 g/mol. The van der Waals surface area contributed by atoms with Crippen LogP contribution in [0.25, 0.3) is 10.9 Å². The molecule has 1 amide bonds. The number of hydrogen-bond acceptors (Lipinski definition) is 5. The van der Waals surface area contributed by atoms with Gasteiger partial charge in [0, 0.05) is 26.1 Å². The lowest BCUT2D eigenvalue weighted by molar-refractivity contribution is -0.142. The van der Waals surface area contributed by atoms with Crippen molar-refractivity contribution in [2.45, 2.75) is 31.0 Å². The SMILES string of the molecule is CN(C)[C@@H]1CN(C(=O)CCn2cnc3ccccc3c2=O)CC[C@]1(O)c1ccccc1. The molecule has 1 aliphatic rings. The number of hydrogen-bond donors (Lipinski definition) is 1. The summed E-state index contributed by atoms with van der Waals surface area (Å²) in [6.45, 7) is 1.18. The number of benzene rings is 2. The minimum Gasteiger partial charge on any atom is -0.383 e. The number of aryl methyl sites for hydroxylation is 1. The molecule has 7 heteroatoms. The zero-order valence-electron chi connectivity index (χ0n) is 17.9. The molecule has 2 atom stereocenters. The first-order valence-electron chi connectivity index (χ1n) is 10.6. The first-order valence-corrected chi connectivity index (χ1v) is 10.6. The minimum absolute atomic E-state index is 0.0259. The van der Waals surface area contributed by atoms with E-state index >= 15 is 0 Å². The highest BCUT2D eigenvalue weighted by Gasteiger charge is 2.44. The van der Waals surface area contributed by atoms with Gasteiger partial charge in [-0.3, -0.25) is 14.2 Å². The summed E-state index contributed by atoms with van der Waals surface area (Å²) in [5, 5.41) is 12.0. The van der Waals surface area contributed by atoms with Crippen molar-refractivity contribution < 1.29 is 9.90 Å². The van der Waals surface area contributed by atoms with E-state index in [9.17, 15) is 14.7 Å². The van der Waals surface area contributed by atoms with Gasteiger partial charge in [0.1, 0.15) is 5.60 Å². The lowest BCUT2D eigenvalue weighted by atomic mass is 9.79. The standard InChI is InChI=1S/C24H28N4O3/c1-26(2)21-16-27(15-13-24(21,31)18-8-4-3-5-9-18)22(29)12-14-28-17-25-20-11-7-6-10-19(20)23(28)30/h3-11,17,21,31H,12-16H2,1-2H3/t21-,24+/m1/s1. The molecule has 162 valence electrons. The quantitative estimate of drug-likeness (QED) is 0.681. The van der Waals surface area contributed by atoms with Crippen molar-refractivity contribution in [3.05, 3.63) is 76.8 Å². The lowest BCUT2D eigenvalue weighted by Crippen LogP contribution is -2.60. The second-order valence-corrected chi connectivity index (χ2v) is 8.37. The number of amides is 1. The van der Waals surface area contributed by atoms with Gasteiger partial charge in [0.05, 0.1) is 23.3 Å². The van der Waals surface area contributed by atoms with E-state index in [1.165, 1.54) is 10.9 Å². The van der Waals surface area contributed by atoms with Crippen molar-refractivity contribution >= 4 is 16.8 Å². The minimum atomic E-state index is -1.01. The monoisotopic (exact) mass is 420 g/mol. The Balaban J connectivity index is 1.47. The number of carbonyl (C=O) groups excluding carboxylic acids is 1. The first-order chi connectivity index (χ1) is 14.9. The highest BCUT2D eigenvalue weighted by molar-refractivity contribution is 5.77. The van der Waals surface area contributed by atoms with Gasteiger partial charge in [0.2, 0.25) is 5.91 Å². The van der Waals surface area contributed by atoms with Gasteiger partial charge in [-0.2, -0.15) is 0 Å². The maximum Gasteiger partial charge on any atom is 0.261 e. The molecule has 1 saturated heterocycles. The van der Waals surface area contributed by atoms with Crippen LogP contribution in [0.3, 0.4) is 0 Å². The summed E-state index contributed by atoms with van der Waals surface area (Å²) < 4.78 is 1.49. The van der Waals surface area contributed by atoms with Crippen molar-refractivity contribution in [3.63, 3.8) is 0 Å². The smallest absolute Gasteiger partial charge is 0.261 e. The third-order valence-corrected chi connectivity index (χ3v) is 6.26. The number of rotatable bonds is 5. The van der Waals surface area contributed by atoms with Crippen molar-refractivity contribution in [1.82, 2.24) is 19.4 Å². The van der Waals surface area contributed by atoms with Gasteiger partial charge in [0.15, 0.2) is 0 Å². The average Bonchev–Trinajstić information content (AvgIpc) is 2.79. The summed E-state index contributed by atoms with van der Waals surface area (Å²) in [6, 6.07) is 16.6. The van der Waals surface area contributed by atoms with Gasteiger partial charge in [-0.05, 0) is 38.2 Å². The third kappa shape index (κ3) is 4.11. The van der Waals surface area contributed by atoms with Crippen LogP contribution in [-0.2, 0) is 16.9 Å². The van der Waals surface area contributed by atoms with E-state index in [4.69, 9.17) is 0 Å². The molecule has 0 aliphatic carbocycles. The predicted octanol–water partition coefficient (Wildman–Crippen LogP) is 1.84. The number of likely N-dealkylation sites (tertiary alicyclic amines) is 1. The highest BCUT2D eigenvalue weighted by atomic mass is 16.3. The maximum atomic E-state index is 13.0. The summed E-state index contributed by atoms with van der Waals surface area (Å²) >= 11 is 0. The Hall–Kier alpha value is -3.03. The fourth-order valence-corrected chi connectivity index (χ4v) is 4.44. The van der Waals surface area contributed by atoms with Gasteiger partial charge in [-0.25, -0.2) is 4.98 Å². The molecule has 3 aromatic rings. The fourth-order valence-electron chi connectivity index (χ4n) is 4.44. The Kier molecular flexibility index (Phi) is 5.89. The van der Waals surface area contributed by atoms with E-state index in [1.54, 1.807) is 17.0 Å².